The van der Waals surface area contributed by atoms with E-state index >= 15 is 0 Å². The molecule has 20 heavy (non-hydrogen) atoms. The third-order valence-electron chi connectivity index (χ3n) is 2.90. The van der Waals surface area contributed by atoms with E-state index in [-0.39, 0.29) is 5.41 Å². The molecule has 0 unspecified atom stereocenters. The second-order valence-electron chi connectivity index (χ2n) is 5.10. The Balaban J connectivity index is 2.77. The van der Waals surface area contributed by atoms with Gasteiger partial charge in [-0.25, -0.2) is 0 Å². The van der Waals surface area contributed by atoms with E-state index in [1.165, 1.54) is 0 Å². The van der Waals surface area contributed by atoms with E-state index in [0.29, 0.717) is 35.7 Å². The summed E-state index contributed by atoms with van der Waals surface area (Å²) < 4.78 is 4.93. The van der Waals surface area contributed by atoms with E-state index in [9.17, 15) is 0 Å². The fourth-order valence-corrected chi connectivity index (χ4v) is 2.75. The van der Waals surface area contributed by atoms with Crippen LogP contribution >= 0.6 is 23.2 Å². The van der Waals surface area contributed by atoms with Gasteiger partial charge in [-0.05, 0) is 17.7 Å². The van der Waals surface area contributed by atoms with Gasteiger partial charge in [-0.1, -0.05) is 43.1 Å². The fourth-order valence-electron chi connectivity index (χ4n) is 1.84. The SMILES string of the molecule is COCCNC(N)=NCC(C)(C)c1c(Cl)cccc1Cl. The predicted molar refractivity (Wildman–Crippen MR) is 85.9 cm³/mol. The van der Waals surface area contributed by atoms with Crippen LogP contribution in [0.2, 0.25) is 10.0 Å². The van der Waals surface area contributed by atoms with Crippen LogP contribution in [-0.4, -0.2) is 32.8 Å². The molecule has 0 aliphatic heterocycles. The molecule has 3 N–H and O–H groups in total. The van der Waals surface area contributed by atoms with Crippen LogP contribution in [0.15, 0.2) is 23.2 Å². The van der Waals surface area contributed by atoms with Crippen molar-refractivity contribution in [2.24, 2.45) is 10.7 Å². The molecule has 0 aliphatic carbocycles. The van der Waals surface area contributed by atoms with E-state index in [0.717, 1.165) is 5.56 Å². The minimum atomic E-state index is -0.303. The molecule has 0 fully saturated rings. The van der Waals surface area contributed by atoms with Crippen LogP contribution in [0.4, 0.5) is 0 Å². The molecular formula is C14H21Cl2N3O. The first-order valence-corrected chi connectivity index (χ1v) is 7.11. The van der Waals surface area contributed by atoms with Crippen molar-refractivity contribution in [3.8, 4) is 0 Å². The average Bonchev–Trinajstić information content (AvgIpc) is 2.36. The molecule has 4 nitrogen and oxygen atoms in total. The van der Waals surface area contributed by atoms with E-state index in [4.69, 9.17) is 33.7 Å². The standard InChI is InChI=1S/C14H21Cl2N3O/c1-14(2,9-19-13(17)18-7-8-20-3)12-10(15)5-4-6-11(12)16/h4-6H,7-9H2,1-3H3,(H3,17,18,19). The summed E-state index contributed by atoms with van der Waals surface area (Å²) in [6, 6.07) is 5.48. The molecular weight excluding hydrogens is 297 g/mol. The number of nitrogens with zero attached hydrogens (tertiary/aromatic N) is 1. The minimum absolute atomic E-state index is 0.303. The number of hydrogen-bond donors (Lipinski definition) is 2. The molecule has 1 aromatic rings. The Hall–Kier alpha value is -0.970. The number of ether oxygens (including phenoxy) is 1. The smallest absolute Gasteiger partial charge is 0.188 e. The third kappa shape index (κ3) is 4.85. The zero-order chi connectivity index (χ0) is 15.2. The van der Waals surface area contributed by atoms with Gasteiger partial charge in [0, 0.05) is 29.1 Å². The van der Waals surface area contributed by atoms with Gasteiger partial charge in [-0.3, -0.25) is 4.99 Å². The molecule has 0 aromatic heterocycles. The van der Waals surface area contributed by atoms with Crippen LogP contribution in [0.3, 0.4) is 0 Å². The highest BCUT2D eigenvalue weighted by atomic mass is 35.5. The van der Waals surface area contributed by atoms with Gasteiger partial charge in [-0.2, -0.15) is 0 Å². The monoisotopic (exact) mass is 317 g/mol. The van der Waals surface area contributed by atoms with Gasteiger partial charge >= 0.3 is 0 Å². The van der Waals surface area contributed by atoms with Gasteiger partial charge in [0.2, 0.25) is 0 Å². The summed E-state index contributed by atoms with van der Waals surface area (Å²) in [6.07, 6.45) is 0. The number of guanidine groups is 1. The molecule has 0 aliphatic rings. The van der Waals surface area contributed by atoms with Crippen LogP contribution < -0.4 is 11.1 Å². The van der Waals surface area contributed by atoms with Crippen molar-refractivity contribution in [3.63, 3.8) is 0 Å². The number of halogens is 2. The predicted octanol–water partition coefficient (Wildman–Crippen LogP) is 2.82. The van der Waals surface area contributed by atoms with Crippen molar-refractivity contribution in [3.05, 3.63) is 33.8 Å². The summed E-state index contributed by atoms with van der Waals surface area (Å²) in [4.78, 5) is 4.34. The Morgan fingerprint density at radius 1 is 1.35 bits per heavy atom. The fraction of sp³-hybridized carbons (Fsp3) is 0.500. The number of nitrogens with one attached hydrogen (secondary N) is 1. The third-order valence-corrected chi connectivity index (χ3v) is 3.53. The normalized spacial score (nSPS) is 12.6. The lowest BCUT2D eigenvalue weighted by Crippen LogP contribution is -2.35. The van der Waals surface area contributed by atoms with Crippen LogP contribution in [0.1, 0.15) is 19.4 Å². The van der Waals surface area contributed by atoms with Crippen LogP contribution in [0.5, 0.6) is 0 Å². The lowest BCUT2D eigenvalue weighted by atomic mass is 9.84. The summed E-state index contributed by atoms with van der Waals surface area (Å²) in [5.41, 5.74) is 6.38. The van der Waals surface area contributed by atoms with Crippen LogP contribution in [0.25, 0.3) is 0 Å². The summed E-state index contributed by atoms with van der Waals surface area (Å²) in [5.74, 6) is 0.387. The molecule has 0 bridgehead atoms. The summed E-state index contributed by atoms with van der Waals surface area (Å²) in [5, 5.41) is 4.26. The van der Waals surface area contributed by atoms with Gasteiger partial charge in [0.1, 0.15) is 0 Å². The maximum Gasteiger partial charge on any atom is 0.188 e. The van der Waals surface area contributed by atoms with E-state index in [2.05, 4.69) is 10.3 Å². The second kappa shape index (κ2) is 7.72. The Morgan fingerprint density at radius 3 is 2.50 bits per heavy atom. The highest BCUT2D eigenvalue weighted by molar-refractivity contribution is 6.36. The molecule has 6 heteroatoms. The molecule has 0 amide bonds. The van der Waals surface area contributed by atoms with E-state index in [1.807, 2.05) is 32.0 Å². The lowest BCUT2D eigenvalue weighted by Gasteiger charge is -2.25. The topological polar surface area (TPSA) is 59.6 Å². The Labute approximate surface area is 130 Å². The lowest BCUT2D eigenvalue weighted by molar-refractivity contribution is 0.204. The molecule has 0 heterocycles. The zero-order valence-electron chi connectivity index (χ0n) is 12.0. The van der Waals surface area contributed by atoms with Gasteiger partial charge in [0.25, 0.3) is 0 Å². The van der Waals surface area contributed by atoms with Crippen molar-refractivity contribution in [2.45, 2.75) is 19.3 Å². The molecule has 1 aromatic carbocycles. The Bertz CT molecular complexity index is 455. The molecule has 1 rings (SSSR count). The van der Waals surface area contributed by atoms with E-state index in [1.54, 1.807) is 7.11 Å². The maximum atomic E-state index is 6.24. The quantitative estimate of drug-likeness (QED) is 0.482. The highest BCUT2D eigenvalue weighted by Gasteiger charge is 2.25. The first kappa shape index (κ1) is 17.1. The number of hydrogen-bond acceptors (Lipinski definition) is 2. The summed E-state index contributed by atoms with van der Waals surface area (Å²) in [7, 11) is 1.64. The number of nitrogens with two attached hydrogens (primary N) is 1. The van der Waals surface area contributed by atoms with Crippen LogP contribution in [0, 0.1) is 0 Å². The summed E-state index contributed by atoms with van der Waals surface area (Å²) >= 11 is 12.5. The van der Waals surface area contributed by atoms with Crippen molar-refractivity contribution in [1.29, 1.82) is 0 Å². The number of benzene rings is 1. The van der Waals surface area contributed by atoms with Crippen molar-refractivity contribution in [2.75, 3.05) is 26.8 Å². The highest BCUT2D eigenvalue weighted by Crippen LogP contribution is 2.35. The van der Waals surface area contributed by atoms with Gasteiger partial charge in [0.15, 0.2) is 5.96 Å². The van der Waals surface area contributed by atoms with Gasteiger partial charge < -0.3 is 15.8 Å². The molecule has 0 atom stereocenters. The van der Waals surface area contributed by atoms with Crippen LogP contribution in [-0.2, 0) is 10.2 Å². The maximum absolute atomic E-state index is 6.24. The largest absolute Gasteiger partial charge is 0.383 e. The van der Waals surface area contributed by atoms with Crippen molar-refractivity contribution >= 4 is 29.2 Å². The average molecular weight is 318 g/mol. The van der Waals surface area contributed by atoms with Crippen molar-refractivity contribution in [1.82, 2.24) is 5.32 Å². The first-order valence-electron chi connectivity index (χ1n) is 6.35. The number of methoxy groups -OCH3 is 1. The first-order chi connectivity index (χ1) is 9.38. The molecule has 0 spiro atoms. The van der Waals surface area contributed by atoms with E-state index < -0.39 is 0 Å². The second-order valence-corrected chi connectivity index (χ2v) is 5.92. The molecule has 112 valence electrons. The number of aliphatic imine (C=N–C) groups is 1. The Morgan fingerprint density at radius 2 is 1.95 bits per heavy atom. The van der Waals surface area contributed by atoms with Gasteiger partial charge in [-0.15, -0.1) is 0 Å². The minimum Gasteiger partial charge on any atom is -0.383 e. The molecule has 0 saturated heterocycles. The zero-order valence-corrected chi connectivity index (χ0v) is 13.6. The van der Waals surface area contributed by atoms with Gasteiger partial charge in [0.05, 0.1) is 13.2 Å². The molecule has 0 radical (unpaired) electrons. The number of rotatable bonds is 6. The Kier molecular flexibility index (Phi) is 6.59. The summed E-state index contributed by atoms with van der Waals surface area (Å²) in [6.45, 7) is 5.76. The molecule has 0 saturated carbocycles. The van der Waals surface area contributed by atoms with Crippen molar-refractivity contribution < 1.29 is 4.74 Å².